The molecule has 0 amide bonds. The summed E-state index contributed by atoms with van der Waals surface area (Å²) >= 11 is 1.91. The molecule has 3 N–H and O–H groups in total. The number of fused-ring (bicyclic) bond motifs is 1. The van der Waals surface area contributed by atoms with Crippen molar-refractivity contribution in [3.63, 3.8) is 0 Å². The molecule has 2 aliphatic rings. The van der Waals surface area contributed by atoms with Crippen LogP contribution in [-0.2, 0) is 0 Å². The van der Waals surface area contributed by atoms with Gasteiger partial charge in [-0.25, -0.2) is 0 Å². The SMILES string of the molecule is CSC1(CN=C(N)Nc2ccc3c(c2)OCCCO3)CCN(C)CC1. The van der Waals surface area contributed by atoms with Gasteiger partial charge in [0, 0.05) is 22.9 Å². The van der Waals surface area contributed by atoms with E-state index in [1.54, 1.807) is 0 Å². The van der Waals surface area contributed by atoms with Crippen molar-refractivity contribution in [1.29, 1.82) is 0 Å². The fourth-order valence-electron chi connectivity index (χ4n) is 3.11. The van der Waals surface area contributed by atoms with Crippen LogP contribution in [0.3, 0.4) is 0 Å². The first-order chi connectivity index (χ1) is 12.1. The molecule has 0 aliphatic carbocycles. The topological polar surface area (TPSA) is 72.1 Å². The zero-order valence-corrected chi connectivity index (χ0v) is 15.9. The highest BCUT2D eigenvalue weighted by Crippen LogP contribution is 2.35. The molecular weight excluding hydrogens is 336 g/mol. The standard InChI is InChI=1S/C18H28N4O2S/c1-22-8-6-18(25-2,7-9-22)13-20-17(19)21-14-4-5-15-16(12-14)24-11-3-10-23-15/h4-5,12H,3,6-11,13H2,1-2H3,(H3,19,20,21). The number of ether oxygens (including phenoxy) is 2. The maximum Gasteiger partial charge on any atom is 0.193 e. The molecule has 0 spiro atoms. The van der Waals surface area contributed by atoms with E-state index in [2.05, 4.69) is 28.5 Å². The molecular formula is C18H28N4O2S. The molecule has 0 atom stereocenters. The fourth-order valence-corrected chi connectivity index (χ4v) is 3.90. The summed E-state index contributed by atoms with van der Waals surface area (Å²) in [6.45, 7) is 4.34. The van der Waals surface area contributed by atoms with Gasteiger partial charge in [-0.2, -0.15) is 11.8 Å². The minimum atomic E-state index is 0.198. The molecule has 2 aliphatic heterocycles. The van der Waals surface area contributed by atoms with Gasteiger partial charge in [-0.3, -0.25) is 4.99 Å². The number of hydrogen-bond acceptors (Lipinski definition) is 5. The largest absolute Gasteiger partial charge is 0.490 e. The third-order valence-corrected chi connectivity index (χ3v) is 6.29. The Morgan fingerprint density at radius 1 is 1.28 bits per heavy atom. The van der Waals surface area contributed by atoms with Crippen LogP contribution in [0.25, 0.3) is 0 Å². The Kier molecular flexibility index (Phi) is 5.96. The molecule has 6 nitrogen and oxygen atoms in total. The summed E-state index contributed by atoms with van der Waals surface area (Å²) < 4.78 is 11.6. The molecule has 1 aromatic rings. The number of anilines is 1. The van der Waals surface area contributed by atoms with E-state index in [0.717, 1.165) is 56.1 Å². The lowest BCUT2D eigenvalue weighted by atomic mass is 9.96. The Bertz CT molecular complexity index is 615. The fraction of sp³-hybridized carbons (Fsp3) is 0.611. The van der Waals surface area contributed by atoms with E-state index in [0.29, 0.717) is 19.2 Å². The van der Waals surface area contributed by atoms with E-state index in [-0.39, 0.29) is 4.75 Å². The van der Waals surface area contributed by atoms with E-state index in [4.69, 9.17) is 15.2 Å². The first-order valence-corrected chi connectivity index (χ1v) is 10.0. The Morgan fingerprint density at radius 2 is 2.00 bits per heavy atom. The van der Waals surface area contributed by atoms with Crippen molar-refractivity contribution >= 4 is 23.4 Å². The van der Waals surface area contributed by atoms with Crippen molar-refractivity contribution in [3.05, 3.63) is 18.2 Å². The van der Waals surface area contributed by atoms with Gasteiger partial charge in [0.2, 0.25) is 0 Å². The van der Waals surface area contributed by atoms with Gasteiger partial charge in [-0.05, 0) is 51.4 Å². The van der Waals surface area contributed by atoms with Gasteiger partial charge in [0.1, 0.15) is 0 Å². The molecule has 3 rings (SSSR count). The zero-order chi connectivity index (χ0) is 17.7. The van der Waals surface area contributed by atoms with Crippen molar-refractivity contribution in [2.75, 3.05) is 51.5 Å². The monoisotopic (exact) mass is 364 g/mol. The summed E-state index contributed by atoms with van der Waals surface area (Å²) in [5.74, 6) is 1.99. The van der Waals surface area contributed by atoms with Crippen LogP contribution in [0, 0.1) is 0 Å². The first kappa shape index (κ1) is 18.2. The average Bonchev–Trinajstić information content (AvgIpc) is 2.87. The van der Waals surface area contributed by atoms with Crippen molar-refractivity contribution in [3.8, 4) is 11.5 Å². The summed E-state index contributed by atoms with van der Waals surface area (Å²) in [4.78, 5) is 6.99. The molecule has 138 valence electrons. The maximum atomic E-state index is 6.12. The Hall–Kier alpha value is -1.60. The summed E-state index contributed by atoms with van der Waals surface area (Å²) in [5, 5.41) is 3.17. The number of piperidine rings is 1. The van der Waals surface area contributed by atoms with E-state index in [9.17, 15) is 0 Å². The number of thioether (sulfide) groups is 1. The predicted molar refractivity (Wildman–Crippen MR) is 105 cm³/mol. The second kappa shape index (κ2) is 8.19. The molecule has 25 heavy (non-hydrogen) atoms. The smallest absolute Gasteiger partial charge is 0.193 e. The predicted octanol–water partition coefficient (Wildman–Crippen LogP) is 2.40. The van der Waals surface area contributed by atoms with Crippen LogP contribution in [0.5, 0.6) is 11.5 Å². The number of aliphatic imine (C=N–C) groups is 1. The minimum Gasteiger partial charge on any atom is -0.490 e. The Labute approximate surface area is 154 Å². The molecule has 1 aromatic carbocycles. The van der Waals surface area contributed by atoms with E-state index >= 15 is 0 Å². The van der Waals surface area contributed by atoms with Gasteiger partial charge in [0.05, 0.1) is 19.8 Å². The second-order valence-corrected chi connectivity index (χ2v) is 8.00. The molecule has 0 aromatic heterocycles. The highest BCUT2D eigenvalue weighted by atomic mass is 32.2. The number of benzene rings is 1. The van der Waals surface area contributed by atoms with Crippen LogP contribution >= 0.6 is 11.8 Å². The lowest BCUT2D eigenvalue weighted by molar-refractivity contribution is 0.242. The number of nitrogens with one attached hydrogen (secondary N) is 1. The van der Waals surface area contributed by atoms with Gasteiger partial charge >= 0.3 is 0 Å². The zero-order valence-electron chi connectivity index (χ0n) is 15.1. The summed E-state index contributed by atoms with van der Waals surface area (Å²) in [7, 11) is 2.17. The van der Waals surface area contributed by atoms with Crippen LogP contribution in [0.15, 0.2) is 23.2 Å². The van der Waals surface area contributed by atoms with Crippen LogP contribution in [0.2, 0.25) is 0 Å². The van der Waals surface area contributed by atoms with Gasteiger partial charge in [-0.1, -0.05) is 0 Å². The van der Waals surface area contributed by atoms with E-state index in [1.165, 1.54) is 0 Å². The van der Waals surface area contributed by atoms with E-state index in [1.807, 2.05) is 30.0 Å². The lowest BCUT2D eigenvalue weighted by Crippen LogP contribution is -2.43. The minimum absolute atomic E-state index is 0.198. The quantitative estimate of drug-likeness (QED) is 0.631. The van der Waals surface area contributed by atoms with E-state index < -0.39 is 0 Å². The van der Waals surface area contributed by atoms with Gasteiger partial charge in [0.25, 0.3) is 0 Å². The highest BCUT2D eigenvalue weighted by Gasteiger charge is 2.32. The molecule has 0 radical (unpaired) electrons. The van der Waals surface area contributed by atoms with Gasteiger partial charge in [-0.15, -0.1) is 0 Å². The number of hydrogen-bond donors (Lipinski definition) is 2. The first-order valence-electron chi connectivity index (χ1n) is 8.80. The maximum absolute atomic E-state index is 6.12. The Balaban J connectivity index is 1.62. The molecule has 0 bridgehead atoms. The molecule has 2 heterocycles. The Morgan fingerprint density at radius 3 is 2.72 bits per heavy atom. The van der Waals surface area contributed by atoms with Crippen molar-refractivity contribution < 1.29 is 9.47 Å². The average molecular weight is 365 g/mol. The summed E-state index contributed by atoms with van der Waals surface area (Å²) in [5.41, 5.74) is 6.99. The van der Waals surface area contributed by atoms with Crippen LogP contribution in [-0.4, -0.2) is 61.8 Å². The highest BCUT2D eigenvalue weighted by molar-refractivity contribution is 8.00. The van der Waals surface area contributed by atoms with Crippen LogP contribution in [0.1, 0.15) is 19.3 Å². The molecule has 1 saturated heterocycles. The number of nitrogens with zero attached hydrogens (tertiary/aromatic N) is 2. The lowest BCUT2D eigenvalue weighted by Gasteiger charge is -2.38. The number of guanidine groups is 1. The van der Waals surface area contributed by atoms with Gasteiger partial charge in [0.15, 0.2) is 17.5 Å². The van der Waals surface area contributed by atoms with Gasteiger partial charge < -0.3 is 25.4 Å². The van der Waals surface area contributed by atoms with Crippen molar-refractivity contribution in [2.24, 2.45) is 10.7 Å². The van der Waals surface area contributed by atoms with Crippen molar-refractivity contribution in [2.45, 2.75) is 24.0 Å². The summed E-state index contributed by atoms with van der Waals surface area (Å²) in [6.07, 6.45) is 5.36. The second-order valence-electron chi connectivity index (χ2n) is 6.73. The molecule has 7 heteroatoms. The van der Waals surface area contributed by atoms with Crippen LogP contribution in [0.4, 0.5) is 5.69 Å². The molecule has 0 saturated carbocycles. The normalized spacial score (nSPS) is 20.8. The third kappa shape index (κ3) is 4.73. The van der Waals surface area contributed by atoms with Crippen molar-refractivity contribution in [1.82, 2.24) is 4.90 Å². The number of nitrogens with two attached hydrogens (primary N) is 1. The van der Waals surface area contributed by atoms with Crippen LogP contribution < -0.4 is 20.5 Å². The number of rotatable bonds is 4. The molecule has 0 unspecified atom stereocenters. The number of likely N-dealkylation sites (tertiary alicyclic amines) is 1. The summed E-state index contributed by atoms with van der Waals surface area (Å²) in [6, 6.07) is 5.77. The molecule has 1 fully saturated rings. The third-order valence-electron chi connectivity index (χ3n) is 4.89.